The summed E-state index contributed by atoms with van der Waals surface area (Å²) in [5.41, 5.74) is 0.549. The molecular weight excluding hydrogens is 368 g/mol. The zero-order valence-corrected chi connectivity index (χ0v) is 16.4. The third kappa shape index (κ3) is 3.06. The number of aromatic nitrogens is 3. The molecule has 0 aromatic carbocycles. The molecule has 5 rings (SSSR count). The van der Waals surface area contributed by atoms with Gasteiger partial charge in [0.15, 0.2) is 0 Å². The van der Waals surface area contributed by atoms with Crippen LogP contribution in [0.3, 0.4) is 0 Å². The van der Waals surface area contributed by atoms with E-state index in [0.29, 0.717) is 24.9 Å². The van der Waals surface area contributed by atoms with Crippen LogP contribution in [0.4, 0.5) is 0 Å². The Hall–Kier alpha value is -2.93. The highest BCUT2D eigenvalue weighted by Gasteiger charge is 2.49. The minimum absolute atomic E-state index is 0.0171. The van der Waals surface area contributed by atoms with Crippen molar-refractivity contribution >= 4 is 16.8 Å². The average molecular weight is 392 g/mol. The molecule has 2 aliphatic rings. The first-order valence-electron chi connectivity index (χ1n) is 10.0. The number of fused-ring (bicyclic) bond motifs is 3. The van der Waals surface area contributed by atoms with Gasteiger partial charge in [-0.25, -0.2) is 0 Å². The molecule has 0 spiro atoms. The van der Waals surface area contributed by atoms with Gasteiger partial charge in [0.1, 0.15) is 0 Å². The van der Waals surface area contributed by atoms with Gasteiger partial charge in [-0.15, -0.1) is 0 Å². The number of piperidine rings is 1. The molecule has 150 valence electrons. The maximum Gasteiger partial charge on any atom is 0.255 e. The van der Waals surface area contributed by atoms with E-state index in [1.165, 1.54) is 10.6 Å². The van der Waals surface area contributed by atoms with Gasteiger partial charge in [-0.2, -0.15) is 0 Å². The Labute approximate surface area is 168 Å². The minimum atomic E-state index is -0.853. The number of hydrogen-bond donors (Lipinski definition) is 1. The first kappa shape index (κ1) is 18.1. The van der Waals surface area contributed by atoms with E-state index < -0.39 is 5.60 Å². The molecule has 0 aliphatic carbocycles. The van der Waals surface area contributed by atoms with Crippen LogP contribution in [0, 0.1) is 0 Å². The summed E-state index contributed by atoms with van der Waals surface area (Å²) in [6.07, 6.45) is 10.1. The Kier molecular flexibility index (Phi) is 4.10. The molecular formula is C22H24N4O3. The van der Waals surface area contributed by atoms with Gasteiger partial charge in [0.25, 0.3) is 5.91 Å². The van der Waals surface area contributed by atoms with Crippen molar-refractivity contribution in [3.05, 3.63) is 65.0 Å². The summed E-state index contributed by atoms with van der Waals surface area (Å²) in [7, 11) is 1.65. The number of carbonyl (C=O) groups is 1. The Morgan fingerprint density at radius 3 is 2.69 bits per heavy atom. The fraction of sp³-hybridized carbons (Fsp3) is 0.409. The number of pyridine rings is 2. The molecule has 2 atom stereocenters. The highest BCUT2D eigenvalue weighted by molar-refractivity contribution is 5.94. The SMILES string of the molecule is Cn1cc(C(=O)N2[C@@H]3CC[C@@H]2CC(O)(Cn2ccc4ccncc42)C3)ccc1=O. The molecule has 7 heteroatoms. The molecule has 5 heterocycles. The zero-order chi connectivity index (χ0) is 20.2. The second-order valence-electron chi connectivity index (χ2n) is 8.48. The van der Waals surface area contributed by atoms with E-state index in [0.717, 1.165) is 23.7 Å². The number of nitrogens with zero attached hydrogens (tertiary/aromatic N) is 4. The fourth-order valence-corrected chi connectivity index (χ4v) is 5.14. The quantitative estimate of drug-likeness (QED) is 0.739. The molecule has 2 fully saturated rings. The van der Waals surface area contributed by atoms with Crippen molar-refractivity contribution < 1.29 is 9.90 Å². The summed E-state index contributed by atoms with van der Waals surface area (Å²) in [5.74, 6) is -0.0502. The zero-order valence-electron chi connectivity index (χ0n) is 16.4. The van der Waals surface area contributed by atoms with Crippen LogP contribution >= 0.6 is 0 Å². The van der Waals surface area contributed by atoms with Crippen molar-refractivity contribution in [3.8, 4) is 0 Å². The van der Waals surface area contributed by atoms with E-state index in [2.05, 4.69) is 9.55 Å². The number of carbonyl (C=O) groups excluding carboxylic acids is 1. The Morgan fingerprint density at radius 2 is 1.97 bits per heavy atom. The average Bonchev–Trinajstić information content (AvgIpc) is 3.22. The standard InChI is InChI=1S/C22H24N4O3/c1-24-13-16(2-5-20(24)27)21(28)26-17-3-4-18(26)11-22(29,10-17)14-25-9-7-15-6-8-23-12-19(15)25/h2,5-9,12-13,17-18,29H,3-4,10-11,14H2,1H3/t17-,18-/m1/s1. The van der Waals surface area contributed by atoms with Crippen molar-refractivity contribution in [2.45, 2.75) is 49.9 Å². The monoisotopic (exact) mass is 392 g/mol. The number of aryl methyl sites for hydroxylation is 1. The molecule has 29 heavy (non-hydrogen) atoms. The molecule has 1 N–H and O–H groups in total. The van der Waals surface area contributed by atoms with Crippen LogP contribution in [0.15, 0.2) is 53.8 Å². The van der Waals surface area contributed by atoms with Crippen LogP contribution in [0.2, 0.25) is 0 Å². The van der Waals surface area contributed by atoms with Gasteiger partial charge in [0.05, 0.1) is 29.4 Å². The van der Waals surface area contributed by atoms with E-state index in [-0.39, 0.29) is 23.6 Å². The molecule has 1 amide bonds. The lowest BCUT2D eigenvalue weighted by atomic mass is 9.85. The molecule has 3 aromatic heterocycles. The predicted octanol–water partition coefficient (Wildman–Crippen LogP) is 1.93. The largest absolute Gasteiger partial charge is 0.388 e. The van der Waals surface area contributed by atoms with Gasteiger partial charge in [-0.1, -0.05) is 0 Å². The van der Waals surface area contributed by atoms with Gasteiger partial charge in [-0.05, 0) is 43.9 Å². The first-order valence-corrected chi connectivity index (χ1v) is 10.0. The van der Waals surface area contributed by atoms with Gasteiger partial charge < -0.3 is 19.1 Å². The summed E-state index contributed by atoms with van der Waals surface area (Å²) in [4.78, 5) is 30.9. The van der Waals surface area contributed by atoms with Crippen molar-refractivity contribution in [3.63, 3.8) is 0 Å². The topological polar surface area (TPSA) is 80.4 Å². The second kappa shape index (κ2) is 6.56. The van der Waals surface area contributed by atoms with Crippen LogP contribution in [-0.2, 0) is 13.6 Å². The highest BCUT2D eigenvalue weighted by atomic mass is 16.3. The van der Waals surface area contributed by atoms with E-state index in [4.69, 9.17) is 0 Å². The number of amides is 1. The van der Waals surface area contributed by atoms with Crippen LogP contribution < -0.4 is 5.56 Å². The Balaban J connectivity index is 1.38. The number of aliphatic hydroxyl groups is 1. The van der Waals surface area contributed by atoms with Gasteiger partial charge in [0.2, 0.25) is 5.56 Å². The number of rotatable bonds is 3. The molecule has 7 nitrogen and oxygen atoms in total. The van der Waals surface area contributed by atoms with Gasteiger partial charge in [0, 0.05) is 49.2 Å². The van der Waals surface area contributed by atoms with Crippen LogP contribution in [0.25, 0.3) is 10.9 Å². The summed E-state index contributed by atoms with van der Waals surface area (Å²) < 4.78 is 3.49. The predicted molar refractivity (Wildman–Crippen MR) is 109 cm³/mol. The summed E-state index contributed by atoms with van der Waals surface area (Å²) >= 11 is 0. The Morgan fingerprint density at radius 1 is 1.21 bits per heavy atom. The van der Waals surface area contributed by atoms with Crippen LogP contribution in [0.1, 0.15) is 36.0 Å². The van der Waals surface area contributed by atoms with Crippen LogP contribution in [0.5, 0.6) is 0 Å². The molecule has 0 radical (unpaired) electrons. The lowest BCUT2D eigenvalue weighted by molar-refractivity contribution is -0.0533. The van der Waals surface area contributed by atoms with E-state index in [9.17, 15) is 14.7 Å². The third-order valence-electron chi connectivity index (χ3n) is 6.46. The maximum atomic E-state index is 13.1. The van der Waals surface area contributed by atoms with Gasteiger partial charge >= 0.3 is 0 Å². The van der Waals surface area contributed by atoms with Crippen molar-refractivity contribution in [2.24, 2.45) is 7.05 Å². The highest BCUT2D eigenvalue weighted by Crippen LogP contribution is 2.42. The normalized spacial score (nSPS) is 26.2. The molecule has 0 unspecified atom stereocenters. The lowest BCUT2D eigenvalue weighted by Gasteiger charge is -2.44. The molecule has 2 saturated heterocycles. The summed E-state index contributed by atoms with van der Waals surface area (Å²) in [5, 5.41) is 12.5. The molecule has 0 saturated carbocycles. The third-order valence-corrected chi connectivity index (χ3v) is 6.46. The van der Waals surface area contributed by atoms with Crippen molar-refractivity contribution in [1.82, 2.24) is 19.0 Å². The second-order valence-corrected chi connectivity index (χ2v) is 8.48. The smallest absolute Gasteiger partial charge is 0.255 e. The molecule has 2 aliphatic heterocycles. The number of hydrogen-bond acceptors (Lipinski definition) is 4. The summed E-state index contributed by atoms with van der Waals surface area (Å²) in [6, 6.07) is 7.07. The van der Waals surface area contributed by atoms with E-state index in [1.807, 2.05) is 29.4 Å². The summed E-state index contributed by atoms with van der Waals surface area (Å²) in [6.45, 7) is 0.497. The van der Waals surface area contributed by atoms with Crippen LogP contribution in [-0.4, -0.2) is 47.7 Å². The van der Waals surface area contributed by atoms with Gasteiger partial charge in [-0.3, -0.25) is 14.6 Å². The fourth-order valence-electron chi connectivity index (χ4n) is 5.14. The van der Waals surface area contributed by atoms with Crippen molar-refractivity contribution in [1.29, 1.82) is 0 Å². The molecule has 3 aromatic rings. The lowest BCUT2D eigenvalue weighted by Crippen LogP contribution is -2.54. The first-order chi connectivity index (χ1) is 13.9. The maximum absolute atomic E-state index is 13.1. The van der Waals surface area contributed by atoms with E-state index >= 15 is 0 Å². The van der Waals surface area contributed by atoms with Crippen molar-refractivity contribution in [2.75, 3.05) is 0 Å². The Bertz CT molecular complexity index is 1130. The minimum Gasteiger partial charge on any atom is -0.388 e. The molecule has 2 bridgehead atoms. The van der Waals surface area contributed by atoms with E-state index in [1.54, 1.807) is 25.5 Å².